The van der Waals surface area contributed by atoms with E-state index in [1.807, 2.05) is 6.92 Å². The Bertz CT molecular complexity index is 376. The summed E-state index contributed by atoms with van der Waals surface area (Å²) in [6.07, 6.45) is -3.45. The Morgan fingerprint density at radius 2 is 1.85 bits per heavy atom. The number of rotatable bonds is 8. The lowest BCUT2D eigenvalue weighted by Gasteiger charge is -2.12. The fraction of sp³-hybridized carbons (Fsp3) is 0.571. The molecule has 1 atom stereocenters. The van der Waals surface area contributed by atoms with Gasteiger partial charge in [0.15, 0.2) is 0 Å². The van der Waals surface area contributed by atoms with E-state index in [0.717, 1.165) is 12.0 Å². The molecule has 0 amide bonds. The van der Waals surface area contributed by atoms with Gasteiger partial charge < -0.3 is 14.6 Å². The fourth-order valence-electron chi connectivity index (χ4n) is 1.77. The summed E-state index contributed by atoms with van der Waals surface area (Å²) in [6, 6.07) is 5.53. The Kier molecular flexibility index (Phi) is 6.81. The Hall–Kier alpha value is -1.27. The Labute approximate surface area is 116 Å². The standard InChI is InChI=1S/C14H19F3O3/c1-2-19-9-3-4-12(18)10-11-5-7-13(8-6-11)20-14(15,16)17/h5-8,12,18H,2-4,9-10H2,1H3. The quantitative estimate of drug-likeness (QED) is 0.747. The molecule has 0 aliphatic heterocycles. The van der Waals surface area contributed by atoms with E-state index in [0.29, 0.717) is 26.1 Å². The molecule has 1 N–H and O–H groups in total. The Morgan fingerprint density at radius 1 is 1.20 bits per heavy atom. The molecule has 0 saturated carbocycles. The minimum atomic E-state index is -4.68. The smallest absolute Gasteiger partial charge is 0.406 e. The zero-order valence-electron chi connectivity index (χ0n) is 11.3. The van der Waals surface area contributed by atoms with Crippen LogP contribution in [-0.2, 0) is 11.2 Å². The molecule has 0 aliphatic rings. The molecule has 1 rings (SSSR count). The molecule has 0 fully saturated rings. The largest absolute Gasteiger partial charge is 0.573 e. The van der Waals surface area contributed by atoms with Crippen molar-refractivity contribution in [2.45, 2.75) is 38.7 Å². The third kappa shape index (κ3) is 7.35. The van der Waals surface area contributed by atoms with E-state index >= 15 is 0 Å². The predicted molar refractivity (Wildman–Crippen MR) is 68.6 cm³/mol. The van der Waals surface area contributed by atoms with E-state index in [1.165, 1.54) is 24.3 Å². The second-order valence-electron chi connectivity index (χ2n) is 4.39. The van der Waals surface area contributed by atoms with Crippen molar-refractivity contribution in [1.82, 2.24) is 0 Å². The molecule has 0 saturated heterocycles. The van der Waals surface area contributed by atoms with E-state index < -0.39 is 12.5 Å². The molecule has 114 valence electrons. The van der Waals surface area contributed by atoms with Crippen molar-refractivity contribution >= 4 is 0 Å². The lowest BCUT2D eigenvalue weighted by Crippen LogP contribution is -2.17. The van der Waals surface area contributed by atoms with Crippen LogP contribution in [0.4, 0.5) is 13.2 Å². The molecule has 20 heavy (non-hydrogen) atoms. The summed E-state index contributed by atoms with van der Waals surface area (Å²) in [4.78, 5) is 0. The zero-order chi connectivity index (χ0) is 15.0. The van der Waals surface area contributed by atoms with E-state index in [2.05, 4.69) is 4.74 Å². The van der Waals surface area contributed by atoms with Gasteiger partial charge in [-0.15, -0.1) is 13.2 Å². The van der Waals surface area contributed by atoms with Crippen LogP contribution in [0.25, 0.3) is 0 Å². The van der Waals surface area contributed by atoms with Crippen LogP contribution in [-0.4, -0.2) is 30.8 Å². The molecule has 1 unspecified atom stereocenters. The maximum absolute atomic E-state index is 12.0. The number of benzene rings is 1. The van der Waals surface area contributed by atoms with Gasteiger partial charge in [0.2, 0.25) is 0 Å². The lowest BCUT2D eigenvalue weighted by atomic mass is 10.0. The van der Waals surface area contributed by atoms with Crippen LogP contribution in [0.15, 0.2) is 24.3 Å². The van der Waals surface area contributed by atoms with Crippen LogP contribution in [0.5, 0.6) is 5.75 Å². The topological polar surface area (TPSA) is 38.7 Å². The molecule has 3 nitrogen and oxygen atoms in total. The van der Waals surface area contributed by atoms with E-state index in [9.17, 15) is 18.3 Å². The van der Waals surface area contributed by atoms with Crippen molar-refractivity contribution in [3.8, 4) is 5.75 Å². The van der Waals surface area contributed by atoms with Gasteiger partial charge in [-0.1, -0.05) is 12.1 Å². The first-order valence-electron chi connectivity index (χ1n) is 6.51. The van der Waals surface area contributed by atoms with Crippen molar-refractivity contribution in [2.24, 2.45) is 0 Å². The summed E-state index contributed by atoms with van der Waals surface area (Å²) in [6.45, 7) is 3.16. The molecule has 6 heteroatoms. The first-order valence-corrected chi connectivity index (χ1v) is 6.51. The third-order valence-corrected chi connectivity index (χ3v) is 2.66. The highest BCUT2D eigenvalue weighted by Crippen LogP contribution is 2.23. The summed E-state index contributed by atoms with van der Waals surface area (Å²) >= 11 is 0. The summed E-state index contributed by atoms with van der Waals surface area (Å²) in [7, 11) is 0. The summed E-state index contributed by atoms with van der Waals surface area (Å²) < 4.78 is 44.9. The van der Waals surface area contributed by atoms with Crippen molar-refractivity contribution < 1.29 is 27.8 Å². The first kappa shape index (κ1) is 16.8. The molecular formula is C14H19F3O3. The second kappa shape index (κ2) is 8.11. The first-order chi connectivity index (χ1) is 9.40. The van der Waals surface area contributed by atoms with Gasteiger partial charge in [0.25, 0.3) is 0 Å². The summed E-state index contributed by atoms with van der Waals surface area (Å²) in [5, 5.41) is 9.79. The van der Waals surface area contributed by atoms with Crippen LogP contribution in [0.1, 0.15) is 25.3 Å². The predicted octanol–water partition coefficient (Wildman–Crippen LogP) is 3.31. The van der Waals surface area contributed by atoms with E-state index in [-0.39, 0.29) is 5.75 Å². The van der Waals surface area contributed by atoms with Crippen LogP contribution in [0.3, 0.4) is 0 Å². The van der Waals surface area contributed by atoms with Gasteiger partial charge in [-0.05, 0) is 43.9 Å². The van der Waals surface area contributed by atoms with Gasteiger partial charge >= 0.3 is 6.36 Å². The number of aliphatic hydroxyl groups excluding tert-OH is 1. The Balaban J connectivity index is 2.37. The van der Waals surface area contributed by atoms with Crippen molar-refractivity contribution in [2.75, 3.05) is 13.2 Å². The Morgan fingerprint density at radius 3 is 2.40 bits per heavy atom. The van der Waals surface area contributed by atoms with Gasteiger partial charge in [-0.25, -0.2) is 0 Å². The van der Waals surface area contributed by atoms with E-state index in [1.54, 1.807) is 0 Å². The third-order valence-electron chi connectivity index (χ3n) is 2.66. The average molecular weight is 292 g/mol. The van der Waals surface area contributed by atoms with Crippen molar-refractivity contribution in [3.05, 3.63) is 29.8 Å². The minimum Gasteiger partial charge on any atom is -0.406 e. The molecule has 0 aliphatic carbocycles. The van der Waals surface area contributed by atoms with Gasteiger partial charge in [0, 0.05) is 13.2 Å². The van der Waals surface area contributed by atoms with Crippen LogP contribution < -0.4 is 4.74 Å². The SMILES string of the molecule is CCOCCCC(O)Cc1ccc(OC(F)(F)F)cc1. The highest BCUT2D eigenvalue weighted by atomic mass is 19.4. The lowest BCUT2D eigenvalue weighted by molar-refractivity contribution is -0.274. The monoisotopic (exact) mass is 292 g/mol. The zero-order valence-corrected chi connectivity index (χ0v) is 11.3. The molecule has 1 aromatic carbocycles. The van der Waals surface area contributed by atoms with Crippen LogP contribution in [0.2, 0.25) is 0 Å². The van der Waals surface area contributed by atoms with Crippen LogP contribution in [0, 0.1) is 0 Å². The van der Waals surface area contributed by atoms with Gasteiger partial charge in [0.1, 0.15) is 5.75 Å². The number of ether oxygens (including phenoxy) is 2. The fourth-order valence-corrected chi connectivity index (χ4v) is 1.77. The molecule has 0 spiro atoms. The molecule has 0 radical (unpaired) electrons. The highest BCUT2D eigenvalue weighted by molar-refractivity contribution is 5.27. The second-order valence-corrected chi connectivity index (χ2v) is 4.39. The molecule has 0 heterocycles. The normalized spacial score (nSPS) is 13.2. The molecule has 0 aromatic heterocycles. The molecular weight excluding hydrogens is 273 g/mol. The maximum atomic E-state index is 12.0. The minimum absolute atomic E-state index is 0.257. The summed E-state index contributed by atoms with van der Waals surface area (Å²) in [5.41, 5.74) is 0.767. The molecule has 0 bridgehead atoms. The number of alkyl halides is 3. The maximum Gasteiger partial charge on any atom is 0.573 e. The average Bonchev–Trinajstić information content (AvgIpc) is 2.35. The number of hydrogen-bond acceptors (Lipinski definition) is 3. The van der Waals surface area contributed by atoms with Gasteiger partial charge in [0.05, 0.1) is 6.10 Å². The summed E-state index contributed by atoms with van der Waals surface area (Å²) in [5.74, 6) is -0.257. The van der Waals surface area contributed by atoms with Crippen molar-refractivity contribution in [1.29, 1.82) is 0 Å². The van der Waals surface area contributed by atoms with Crippen LogP contribution >= 0.6 is 0 Å². The number of hydrogen-bond donors (Lipinski definition) is 1. The van der Waals surface area contributed by atoms with E-state index in [4.69, 9.17) is 4.74 Å². The van der Waals surface area contributed by atoms with Gasteiger partial charge in [-0.3, -0.25) is 0 Å². The van der Waals surface area contributed by atoms with Gasteiger partial charge in [-0.2, -0.15) is 0 Å². The highest BCUT2D eigenvalue weighted by Gasteiger charge is 2.30. The number of aliphatic hydroxyl groups is 1. The van der Waals surface area contributed by atoms with Crippen molar-refractivity contribution in [3.63, 3.8) is 0 Å². The molecule has 1 aromatic rings. The number of halogens is 3.